The van der Waals surface area contributed by atoms with Gasteiger partial charge in [-0.05, 0) is 19.1 Å². The van der Waals surface area contributed by atoms with Crippen LogP contribution in [0.4, 0.5) is 0 Å². The van der Waals surface area contributed by atoms with Crippen molar-refractivity contribution in [3.8, 4) is 0 Å². The zero-order valence-corrected chi connectivity index (χ0v) is 10.6. The van der Waals surface area contributed by atoms with Gasteiger partial charge in [0, 0.05) is 7.05 Å². The molecule has 0 aliphatic carbocycles. The third kappa shape index (κ3) is 1.64. The molecule has 0 bridgehead atoms. The van der Waals surface area contributed by atoms with Gasteiger partial charge in [0.1, 0.15) is 5.69 Å². The Labute approximate surface area is 109 Å². The van der Waals surface area contributed by atoms with Crippen LogP contribution in [0, 0.1) is 0 Å². The number of hydrogen-bond acceptors (Lipinski definition) is 4. The van der Waals surface area contributed by atoms with Crippen LogP contribution < -0.4 is 0 Å². The lowest BCUT2D eigenvalue weighted by molar-refractivity contribution is 0.0592. The van der Waals surface area contributed by atoms with Gasteiger partial charge in [0.2, 0.25) is 0 Å². The van der Waals surface area contributed by atoms with E-state index in [0.717, 1.165) is 0 Å². The highest BCUT2D eigenvalue weighted by Gasteiger charge is 2.39. The van der Waals surface area contributed by atoms with E-state index < -0.39 is 6.04 Å². The summed E-state index contributed by atoms with van der Waals surface area (Å²) < 4.78 is 0. The predicted molar refractivity (Wildman–Crippen MR) is 66.4 cm³/mol. The molecule has 96 valence electrons. The number of amides is 2. The van der Waals surface area contributed by atoms with Crippen molar-refractivity contribution in [2.45, 2.75) is 13.0 Å². The maximum Gasteiger partial charge on any atom is 0.262 e. The number of rotatable bonds is 2. The molecule has 19 heavy (non-hydrogen) atoms. The summed E-state index contributed by atoms with van der Waals surface area (Å²) in [6.07, 6.45) is 1.56. The zero-order valence-electron chi connectivity index (χ0n) is 10.6. The molecule has 0 fully saturated rings. The second-order valence-corrected chi connectivity index (χ2v) is 4.46. The van der Waals surface area contributed by atoms with Crippen LogP contribution in [-0.2, 0) is 7.05 Å². The van der Waals surface area contributed by atoms with E-state index in [2.05, 4.69) is 10.2 Å². The average Bonchev–Trinajstić information content (AvgIpc) is 2.94. The van der Waals surface area contributed by atoms with Gasteiger partial charge in [0.15, 0.2) is 0 Å². The molecule has 0 saturated carbocycles. The zero-order chi connectivity index (χ0) is 13.6. The van der Waals surface area contributed by atoms with Crippen LogP contribution in [-0.4, -0.2) is 31.7 Å². The molecule has 1 aliphatic rings. The standard InChI is InChI=1S/C13H12N4O2/c1-8(11-7-14-16(2)15-11)17-12(18)9-5-3-4-6-10(9)13(17)19/h3-8H,1-2H3. The van der Waals surface area contributed by atoms with Crippen LogP contribution in [0.5, 0.6) is 0 Å². The fraction of sp³-hybridized carbons (Fsp3) is 0.231. The fourth-order valence-corrected chi connectivity index (χ4v) is 2.24. The largest absolute Gasteiger partial charge is 0.269 e. The highest BCUT2D eigenvalue weighted by Crippen LogP contribution is 2.29. The minimum atomic E-state index is -0.430. The number of hydrogen-bond donors (Lipinski definition) is 0. The minimum absolute atomic E-state index is 0.279. The van der Waals surface area contributed by atoms with Gasteiger partial charge in [0.25, 0.3) is 11.8 Å². The first kappa shape index (κ1) is 11.6. The lowest BCUT2D eigenvalue weighted by Crippen LogP contribution is -2.32. The molecule has 1 aromatic carbocycles. The Morgan fingerprint density at radius 3 is 2.16 bits per heavy atom. The SMILES string of the molecule is CC(c1cnn(C)n1)N1C(=O)c2ccccc2C1=O. The molecule has 3 rings (SSSR count). The number of nitrogens with zero attached hydrogens (tertiary/aromatic N) is 4. The Balaban J connectivity index is 2.00. The molecule has 0 radical (unpaired) electrons. The van der Waals surface area contributed by atoms with Crippen LogP contribution in [0.3, 0.4) is 0 Å². The summed E-state index contributed by atoms with van der Waals surface area (Å²) in [7, 11) is 1.69. The summed E-state index contributed by atoms with van der Waals surface area (Å²) in [6.45, 7) is 1.77. The molecule has 6 nitrogen and oxygen atoms in total. The number of carbonyl (C=O) groups excluding carboxylic acids is 2. The predicted octanol–water partition coefficient (Wildman–Crippen LogP) is 1.17. The highest BCUT2D eigenvalue weighted by atomic mass is 16.2. The van der Waals surface area contributed by atoms with Crippen molar-refractivity contribution in [3.63, 3.8) is 0 Å². The van der Waals surface area contributed by atoms with E-state index in [0.29, 0.717) is 16.8 Å². The van der Waals surface area contributed by atoms with E-state index in [-0.39, 0.29) is 11.8 Å². The lowest BCUT2D eigenvalue weighted by Gasteiger charge is -2.20. The maximum absolute atomic E-state index is 12.3. The summed E-state index contributed by atoms with van der Waals surface area (Å²) in [4.78, 5) is 27.2. The third-order valence-corrected chi connectivity index (χ3v) is 3.26. The monoisotopic (exact) mass is 256 g/mol. The summed E-state index contributed by atoms with van der Waals surface area (Å²) in [5.74, 6) is -0.558. The normalized spacial score (nSPS) is 15.8. The van der Waals surface area contributed by atoms with Gasteiger partial charge in [-0.25, -0.2) is 0 Å². The van der Waals surface area contributed by atoms with Gasteiger partial charge >= 0.3 is 0 Å². The van der Waals surface area contributed by atoms with Crippen LogP contribution in [0.25, 0.3) is 0 Å². The molecular formula is C13H12N4O2. The number of carbonyl (C=O) groups is 2. The van der Waals surface area contributed by atoms with E-state index in [1.807, 2.05) is 0 Å². The van der Waals surface area contributed by atoms with Crippen LogP contribution in [0.15, 0.2) is 30.5 Å². The first-order chi connectivity index (χ1) is 9.09. The van der Waals surface area contributed by atoms with E-state index >= 15 is 0 Å². The molecule has 1 unspecified atom stereocenters. The quantitative estimate of drug-likeness (QED) is 0.756. The summed E-state index contributed by atoms with van der Waals surface area (Å²) in [5, 5.41) is 8.11. The first-order valence-electron chi connectivity index (χ1n) is 5.92. The van der Waals surface area contributed by atoms with Gasteiger partial charge in [0.05, 0.1) is 23.4 Å². The first-order valence-corrected chi connectivity index (χ1v) is 5.92. The van der Waals surface area contributed by atoms with Crippen molar-refractivity contribution in [1.29, 1.82) is 0 Å². The van der Waals surface area contributed by atoms with Crippen molar-refractivity contribution in [3.05, 3.63) is 47.3 Å². The Kier molecular flexibility index (Phi) is 2.45. The Bertz CT molecular complexity index is 642. The molecule has 1 aromatic heterocycles. The summed E-state index contributed by atoms with van der Waals surface area (Å²) >= 11 is 0. The Morgan fingerprint density at radius 1 is 1.11 bits per heavy atom. The van der Waals surface area contributed by atoms with Crippen molar-refractivity contribution >= 4 is 11.8 Å². The van der Waals surface area contributed by atoms with Gasteiger partial charge < -0.3 is 0 Å². The fourth-order valence-electron chi connectivity index (χ4n) is 2.24. The third-order valence-electron chi connectivity index (χ3n) is 3.26. The van der Waals surface area contributed by atoms with Gasteiger partial charge in [-0.2, -0.15) is 15.0 Å². The Morgan fingerprint density at radius 2 is 1.68 bits per heavy atom. The maximum atomic E-state index is 12.3. The number of benzene rings is 1. The van der Waals surface area contributed by atoms with E-state index in [1.54, 1.807) is 44.4 Å². The molecule has 1 aliphatic heterocycles. The molecule has 0 spiro atoms. The van der Waals surface area contributed by atoms with Crippen LogP contribution >= 0.6 is 0 Å². The minimum Gasteiger partial charge on any atom is -0.269 e. The number of aryl methyl sites for hydroxylation is 1. The van der Waals surface area contributed by atoms with Crippen molar-refractivity contribution < 1.29 is 9.59 Å². The molecule has 6 heteroatoms. The highest BCUT2D eigenvalue weighted by molar-refractivity contribution is 6.21. The molecule has 2 amide bonds. The molecule has 1 atom stereocenters. The van der Waals surface area contributed by atoms with Crippen LogP contribution in [0.2, 0.25) is 0 Å². The molecule has 2 aromatic rings. The van der Waals surface area contributed by atoms with Crippen molar-refractivity contribution in [2.24, 2.45) is 7.05 Å². The average molecular weight is 256 g/mol. The second kappa shape index (κ2) is 4.01. The molecule has 0 saturated heterocycles. The number of imide groups is 1. The smallest absolute Gasteiger partial charge is 0.262 e. The van der Waals surface area contributed by atoms with Crippen molar-refractivity contribution in [1.82, 2.24) is 19.9 Å². The van der Waals surface area contributed by atoms with Gasteiger partial charge in [-0.1, -0.05) is 12.1 Å². The summed E-state index contributed by atoms with van der Waals surface area (Å²) in [6, 6.07) is 6.40. The number of aromatic nitrogens is 3. The van der Waals surface area contributed by atoms with E-state index in [9.17, 15) is 9.59 Å². The van der Waals surface area contributed by atoms with Crippen molar-refractivity contribution in [2.75, 3.05) is 0 Å². The van der Waals surface area contributed by atoms with E-state index in [4.69, 9.17) is 0 Å². The van der Waals surface area contributed by atoms with E-state index in [1.165, 1.54) is 9.70 Å². The second-order valence-electron chi connectivity index (χ2n) is 4.46. The molecule has 0 N–H and O–H groups in total. The lowest BCUT2D eigenvalue weighted by atomic mass is 10.1. The molecule has 2 heterocycles. The summed E-state index contributed by atoms with van der Waals surface area (Å²) in [5.41, 5.74) is 1.49. The molecular weight excluding hydrogens is 244 g/mol. The van der Waals surface area contributed by atoms with Gasteiger partial charge in [-0.15, -0.1) is 0 Å². The number of fused-ring (bicyclic) bond motifs is 1. The Hall–Kier alpha value is -2.50. The topological polar surface area (TPSA) is 68.1 Å². The van der Waals surface area contributed by atoms with Crippen LogP contribution in [0.1, 0.15) is 39.4 Å². The van der Waals surface area contributed by atoms with Gasteiger partial charge in [-0.3, -0.25) is 14.5 Å².